The molecule has 0 saturated carbocycles. The van der Waals surface area contributed by atoms with E-state index in [1.807, 2.05) is 19.9 Å². The lowest BCUT2D eigenvalue weighted by molar-refractivity contribution is -0.147. The van der Waals surface area contributed by atoms with E-state index in [-0.39, 0.29) is 67.8 Å². The Kier molecular flexibility index (Phi) is 13.4. The molecule has 12 heteroatoms. The van der Waals surface area contributed by atoms with Gasteiger partial charge in [0.05, 0.1) is 12.0 Å². The van der Waals surface area contributed by atoms with E-state index in [0.717, 1.165) is 0 Å². The first-order chi connectivity index (χ1) is 22.7. The van der Waals surface area contributed by atoms with E-state index in [9.17, 15) is 38.3 Å². The summed E-state index contributed by atoms with van der Waals surface area (Å²) in [5, 5.41) is 25.8. The highest BCUT2D eigenvalue weighted by Gasteiger charge is 2.53. The maximum atomic E-state index is 14.6. The summed E-state index contributed by atoms with van der Waals surface area (Å²) < 4.78 is 28.3. The van der Waals surface area contributed by atoms with Gasteiger partial charge >= 0.3 is 0 Å². The molecule has 0 aromatic heterocycles. The van der Waals surface area contributed by atoms with Crippen molar-refractivity contribution in [2.45, 2.75) is 78.0 Å². The van der Waals surface area contributed by atoms with Crippen LogP contribution in [0.25, 0.3) is 0 Å². The molecule has 10 nitrogen and oxygen atoms in total. The third-order valence-corrected chi connectivity index (χ3v) is 8.79. The summed E-state index contributed by atoms with van der Waals surface area (Å²) in [6.45, 7) is 7.04. The lowest BCUT2D eigenvalue weighted by Gasteiger charge is -2.42. The molecule has 2 unspecified atom stereocenters. The van der Waals surface area contributed by atoms with Gasteiger partial charge in [0.2, 0.25) is 17.7 Å². The van der Waals surface area contributed by atoms with Crippen molar-refractivity contribution in [3.63, 3.8) is 0 Å². The van der Waals surface area contributed by atoms with Gasteiger partial charge in [-0.3, -0.25) is 19.2 Å². The van der Waals surface area contributed by atoms with Crippen LogP contribution in [-0.4, -0.2) is 58.4 Å². The van der Waals surface area contributed by atoms with Crippen molar-refractivity contribution in [2.24, 2.45) is 23.5 Å². The quantitative estimate of drug-likeness (QED) is 0.178. The Balaban J connectivity index is 1.89. The highest BCUT2D eigenvalue weighted by molar-refractivity contribution is 5.98. The topological polar surface area (TPSA) is 166 Å². The first-order valence-electron chi connectivity index (χ1n) is 16.1. The van der Waals surface area contributed by atoms with E-state index in [4.69, 9.17) is 5.73 Å². The molecule has 1 saturated heterocycles. The van der Waals surface area contributed by atoms with Crippen LogP contribution in [0.3, 0.4) is 0 Å². The van der Waals surface area contributed by atoms with Crippen LogP contribution in [0, 0.1) is 47.6 Å². The molecular formula is C36H45F2N5O5. The molecule has 3 atom stereocenters. The van der Waals surface area contributed by atoms with Crippen LogP contribution in [0.5, 0.6) is 0 Å². The fraction of sp³-hybridized carbons (Fsp3) is 0.472. The molecule has 0 bridgehead atoms. The number of halogens is 2. The first-order valence-corrected chi connectivity index (χ1v) is 16.1. The number of carbonyl (C=O) groups excluding carboxylic acids is 4. The number of nitriles is 1. The van der Waals surface area contributed by atoms with Crippen molar-refractivity contribution in [3.05, 3.63) is 82.4 Å². The third-order valence-electron chi connectivity index (χ3n) is 8.79. The van der Waals surface area contributed by atoms with E-state index < -0.39 is 46.9 Å². The van der Waals surface area contributed by atoms with E-state index >= 15 is 0 Å². The van der Waals surface area contributed by atoms with E-state index in [1.165, 1.54) is 37.3 Å². The Hall–Kier alpha value is -4.63. The van der Waals surface area contributed by atoms with Crippen LogP contribution in [0.2, 0.25) is 0 Å². The van der Waals surface area contributed by atoms with Crippen molar-refractivity contribution in [3.8, 4) is 6.07 Å². The van der Waals surface area contributed by atoms with Gasteiger partial charge in [0.1, 0.15) is 23.3 Å². The summed E-state index contributed by atoms with van der Waals surface area (Å²) in [5.74, 6) is -5.59. The maximum Gasteiger partial charge on any atom is 0.264 e. The van der Waals surface area contributed by atoms with E-state index in [1.54, 1.807) is 30.0 Å². The van der Waals surface area contributed by atoms with Crippen LogP contribution < -0.4 is 16.4 Å². The lowest BCUT2D eigenvalue weighted by Crippen LogP contribution is -2.70. The molecular weight excluding hydrogens is 620 g/mol. The Labute approximate surface area is 280 Å². The second-order valence-electron chi connectivity index (χ2n) is 12.9. The van der Waals surface area contributed by atoms with Gasteiger partial charge in [0.15, 0.2) is 5.54 Å². The Bertz CT molecular complexity index is 1560. The van der Waals surface area contributed by atoms with Gasteiger partial charge < -0.3 is 26.4 Å². The number of nitrogens with one attached hydrogen (secondary N) is 2. The molecule has 1 aliphatic heterocycles. The summed E-state index contributed by atoms with van der Waals surface area (Å²) in [5.41, 5.74) is 5.11. The zero-order valence-electron chi connectivity index (χ0n) is 27.9. The predicted molar refractivity (Wildman–Crippen MR) is 175 cm³/mol. The summed E-state index contributed by atoms with van der Waals surface area (Å²) in [4.78, 5) is 55.1. The van der Waals surface area contributed by atoms with Crippen LogP contribution in [0.1, 0.15) is 63.1 Å². The molecule has 5 N–H and O–H groups in total. The summed E-state index contributed by atoms with van der Waals surface area (Å²) in [7, 11) is 0. The minimum Gasteiger partial charge on any atom is -0.390 e. The van der Waals surface area contributed by atoms with Crippen molar-refractivity contribution < 1.29 is 33.1 Å². The Morgan fingerprint density at radius 3 is 2.38 bits per heavy atom. The van der Waals surface area contributed by atoms with E-state index in [0.29, 0.717) is 24.0 Å². The summed E-state index contributed by atoms with van der Waals surface area (Å²) in [6.07, 6.45) is 0.710. The molecule has 3 rings (SSSR count). The lowest BCUT2D eigenvalue weighted by atomic mass is 9.72. The van der Waals surface area contributed by atoms with Crippen LogP contribution in [-0.2, 0) is 32.1 Å². The largest absolute Gasteiger partial charge is 0.390 e. The highest BCUT2D eigenvalue weighted by Crippen LogP contribution is 2.34. The number of piperidine rings is 1. The fourth-order valence-electron chi connectivity index (χ4n) is 6.13. The van der Waals surface area contributed by atoms with Gasteiger partial charge in [0, 0.05) is 31.6 Å². The zero-order chi connectivity index (χ0) is 35.6. The van der Waals surface area contributed by atoms with Gasteiger partial charge in [-0.25, -0.2) is 8.78 Å². The molecule has 0 aliphatic carbocycles. The minimum absolute atomic E-state index is 0.000239. The van der Waals surface area contributed by atoms with Gasteiger partial charge in [-0.2, -0.15) is 5.26 Å². The molecule has 0 spiro atoms. The number of allylic oxidation sites excluding steroid dienone is 1. The second kappa shape index (κ2) is 17.0. The average molecular weight is 666 g/mol. The standard InChI is InChI=1S/C36H45F2N5O5/c1-22(2)16-28(20-39)34(47)43-14-12-26(13-15-43)19-30(33(46)41-21-27-10-8-23(3)17-31(27)38)36(24(4)44,35(40)48)42-32(45)11-9-25-6-5-7-29(37)18-25/h5-8,10,16-18,22,24,26,30,44H,9,11-15,19,21H2,1-4H3,(H2,40,48)(H,41,46)(H,42,45)/t24?,30-,36?/m1/s1. The number of hydrogen-bond acceptors (Lipinski definition) is 6. The molecule has 1 fully saturated rings. The number of nitrogens with two attached hydrogens (primary N) is 1. The number of nitrogens with zero attached hydrogens (tertiary/aromatic N) is 2. The molecule has 48 heavy (non-hydrogen) atoms. The molecule has 258 valence electrons. The molecule has 1 heterocycles. The number of aliphatic hydroxyl groups excluding tert-OH is 1. The van der Waals surface area contributed by atoms with E-state index in [2.05, 4.69) is 10.6 Å². The average Bonchev–Trinajstić information content (AvgIpc) is 3.03. The number of amides is 4. The molecule has 2 aromatic rings. The van der Waals surface area contributed by atoms with Gasteiger partial charge in [0.25, 0.3) is 5.91 Å². The second-order valence-corrected chi connectivity index (χ2v) is 12.9. The number of benzene rings is 2. The number of primary amides is 1. The minimum atomic E-state index is -2.25. The number of carbonyl (C=O) groups is 4. The third kappa shape index (κ3) is 9.70. The van der Waals surface area contributed by atoms with Crippen molar-refractivity contribution in [2.75, 3.05) is 13.1 Å². The molecule has 1 aliphatic rings. The molecule has 2 aromatic carbocycles. The predicted octanol–water partition coefficient (Wildman–Crippen LogP) is 3.59. The van der Waals surface area contributed by atoms with Crippen LogP contribution >= 0.6 is 0 Å². The van der Waals surface area contributed by atoms with Gasteiger partial charge in [-0.1, -0.05) is 44.2 Å². The number of aryl methyl sites for hydroxylation is 2. The number of rotatable bonds is 14. The summed E-state index contributed by atoms with van der Waals surface area (Å²) >= 11 is 0. The van der Waals surface area contributed by atoms with Gasteiger partial charge in [-0.15, -0.1) is 0 Å². The van der Waals surface area contributed by atoms with Crippen LogP contribution in [0.15, 0.2) is 54.1 Å². The van der Waals surface area contributed by atoms with Crippen molar-refractivity contribution in [1.82, 2.24) is 15.5 Å². The Morgan fingerprint density at radius 1 is 1.12 bits per heavy atom. The number of likely N-dealkylation sites (tertiary alicyclic amines) is 1. The first kappa shape index (κ1) is 37.8. The van der Waals surface area contributed by atoms with Gasteiger partial charge in [-0.05, 0) is 80.7 Å². The normalized spacial score (nSPS) is 16.4. The fourth-order valence-corrected chi connectivity index (χ4v) is 6.13. The summed E-state index contributed by atoms with van der Waals surface area (Å²) in [6, 6.07) is 12.2. The maximum absolute atomic E-state index is 14.6. The smallest absolute Gasteiger partial charge is 0.264 e. The molecule has 4 amide bonds. The zero-order valence-corrected chi connectivity index (χ0v) is 27.9. The number of hydrogen-bond donors (Lipinski definition) is 4. The van der Waals surface area contributed by atoms with Crippen molar-refractivity contribution >= 4 is 23.6 Å². The monoisotopic (exact) mass is 665 g/mol. The highest BCUT2D eigenvalue weighted by atomic mass is 19.1. The number of aliphatic hydroxyl groups is 1. The molecule has 0 radical (unpaired) electrons. The van der Waals surface area contributed by atoms with Crippen molar-refractivity contribution in [1.29, 1.82) is 5.26 Å². The van der Waals surface area contributed by atoms with Crippen LogP contribution in [0.4, 0.5) is 8.78 Å². The Morgan fingerprint density at radius 2 is 1.81 bits per heavy atom. The SMILES string of the molecule is Cc1ccc(CNC(=O)[C@@H](CC2CCN(C(=O)C(C#N)=CC(C)C)CC2)C(NC(=O)CCc2cccc(F)c2)(C(N)=O)C(C)O)c(F)c1.